The van der Waals surface area contributed by atoms with Crippen molar-refractivity contribution in [3.05, 3.63) is 64.4 Å². The van der Waals surface area contributed by atoms with Gasteiger partial charge in [-0.25, -0.2) is 0 Å². The molecule has 0 aliphatic carbocycles. The molecule has 2 aromatic carbocycles. The maximum absolute atomic E-state index is 12.3. The fourth-order valence-electron chi connectivity index (χ4n) is 3.11. The number of aryl methyl sites for hydroxylation is 1. The van der Waals surface area contributed by atoms with Crippen molar-refractivity contribution in [1.29, 1.82) is 0 Å². The molecule has 4 rings (SSSR count). The van der Waals surface area contributed by atoms with E-state index in [0.717, 1.165) is 34.6 Å². The van der Waals surface area contributed by atoms with E-state index < -0.39 is 0 Å². The summed E-state index contributed by atoms with van der Waals surface area (Å²) >= 11 is 0. The molecule has 0 spiro atoms. The highest BCUT2D eigenvalue weighted by molar-refractivity contribution is 5.75. The fourth-order valence-corrected chi connectivity index (χ4v) is 3.11. The number of benzene rings is 2. The van der Waals surface area contributed by atoms with Gasteiger partial charge in [0.1, 0.15) is 5.75 Å². The van der Waals surface area contributed by atoms with Crippen LogP contribution >= 0.6 is 0 Å². The Balaban J connectivity index is 1.81. The Bertz CT molecular complexity index is 1020. The number of fused-ring (bicyclic) bond motifs is 1. The third-order valence-electron chi connectivity index (χ3n) is 4.51. The van der Waals surface area contributed by atoms with Crippen LogP contribution in [-0.2, 0) is 6.42 Å². The van der Waals surface area contributed by atoms with Crippen LogP contribution in [0.2, 0.25) is 0 Å². The molecule has 5 heteroatoms. The summed E-state index contributed by atoms with van der Waals surface area (Å²) in [4.78, 5) is 15.2. The molecule has 0 saturated heterocycles. The molecule has 0 atom stereocenters. The van der Waals surface area contributed by atoms with Crippen LogP contribution in [0.4, 0.5) is 0 Å². The van der Waals surface area contributed by atoms with Crippen molar-refractivity contribution >= 4 is 0 Å². The molecule has 1 aliphatic rings. The van der Waals surface area contributed by atoms with E-state index in [-0.39, 0.29) is 12.4 Å². The predicted molar refractivity (Wildman–Crippen MR) is 100.0 cm³/mol. The van der Waals surface area contributed by atoms with Crippen molar-refractivity contribution in [3.63, 3.8) is 0 Å². The third kappa shape index (κ3) is 2.92. The van der Waals surface area contributed by atoms with E-state index in [9.17, 15) is 4.79 Å². The van der Waals surface area contributed by atoms with Crippen molar-refractivity contribution in [2.75, 3.05) is 13.9 Å². The lowest BCUT2D eigenvalue weighted by Gasteiger charge is -2.12. The van der Waals surface area contributed by atoms with E-state index >= 15 is 0 Å². The number of aromatic nitrogens is 1. The average Bonchev–Trinajstić information content (AvgIpc) is 3.14. The molecular formula is C21H19NO4. The molecule has 0 amide bonds. The number of ether oxygens (including phenoxy) is 3. The Kier molecular flexibility index (Phi) is 4.13. The van der Waals surface area contributed by atoms with Crippen LogP contribution in [0.25, 0.3) is 22.4 Å². The minimum absolute atomic E-state index is 0.170. The molecule has 132 valence electrons. The van der Waals surface area contributed by atoms with Gasteiger partial charge in [-0.2, -0.15) is 0 Å². The highest BCUT2D eigenvalue weighted by Crippen LogP contribution is 2.37. The molecule has 0 unspecified atom stereocenters. The number of H-pyrrole nitrogens is 1. The molecule has 5 nitrogen and oxygen atoms in total. The molecule has 2 heterocycles. The monoisotopic (exact) mass is 349 g/mol. The number of hydrogen-bond acceptors (Lipinski definition) is 4. The first-order valence-electron chi connectivity index (χ1n) is 8.49. The smallest absolute Gasteiger partial charge is 0.249 e. The number of hydrogen-bond donors (Lipinski definition) is 1. The fraction of sp³-hybridized carbons (Fsp3) is 0.190. The first-order chi connectivity index (χ1) is 12.7. The number of rotatable bonds is 4. The molecule has 0 saturated carbocycles. The van der Waals surface area contributed by atoms with Crippen molar-refractivity contribution in [2.45, 2.75) is 13.3 Å². The van der Waals surface area contributed by atoms with E-state index in [1.165, 1.54) is 5.56 Å². The van der Waals surface area contributed by atoms with Crippen molar-refractivity contribution in [1.82, 2.24) is 4.98 Å². The second kappa shape index (κ2) is 6.59. The average molecular weight is 349 g/mol. The van der Waals surface area contributed by atoms with Gasteiger partial charge in [0.2, 0.25) is 12.4 Å². The third-order valence-corrected chi connectivity index (χ3v) is 4.51. The summed E-state index contributed by atoms with van der Waals surface area (Å²) in [5.74, 6) is 2.15. The van der Waals surface area contributed by atoms with Gasteiger partial charge in [0.05, 0.1) is 12.8 Å². The molecule has 3 aromatic rings. The van der Waals surface area contributed by atoms with Gasteiger partial charge in [-0.3, -0.25) is 4.79 Å². The van der Waals surface area contributed by atoms with Crippen LogP contribution in [-0.4, -0.2) is 18.9 Å². The maximum atomic E-state index is 12.3. The topological polar surface area (TPSA) is 60.5 Å². The van der Waals surface area contributed by atoms with E-state index in [1.54, 1.807) is 13.2 Å². The maximum Gasteiger partial charge on any atom is 0.249 e. The summed E-state index contributed by atoms with van der Waals surface area (Å²) in [6.07, 6.45) is 0.921. The molecule has 0 radical (unpaired) electrons. The van der Waals surface area contributed by atoms with Gasteiger partial charge in [0.15, 0.2) is 11.5 Å². The van der Waals surface area contributed by atoms with Crippen LogP contribution < -0.4 is 19.8 Å². The van der Waals surface area contributed by atoms with Gasteiger partial charge >= 0.3 is 0 Å². The molecule has 0 bridgehead atoms. The second-order valence-electron chi connectivity index (χ2n) is 6.10. The largest absolute Gasteiger partial charge is 0.496 e. The summed E-state index contributed by atoms with van der Waals surface area (Å²) in [6.45, 7) is 2.32. The van der Waals surface area contributed by atoms with E-state index in [4.69, 9.17) is 14.2 Å². The second-order valence-corrected chi connectivity index (χ2v) is 6.10. The van der Waals surface area contributed by atoms with Gasteiger partial charge in [-0.15, -0.1) is 0 Å². The summed E-state index contributed by atoms with van der Waals surface area (Å²) in [7, 11) is 1.64. The number of pyridine rings is 1. The highest BCUT2D eigenvalue weighted by atomic mass is 16.7. The van der Waals surface area contributed by atoms with Gasteiger partial charge < -0.3 is 19.2 Å². The Hall–Kier alpha value is -3.21. The van der Waals surface area contributed by atoms with Crippen LogP contribution in [0.5, 0.6) is 17.2 Å². The predicted octanol–water partition coefficient (Wildman–Crippen LogP) is 4.01. The lowest BCUT2D eigenvalue weighted by Crippen LogP contribution is -2.06. The lowest BCUT2D eigenvalue weighted by atomic mass is 10.0. The summed E-state index contributed by atoms with van der Waals surface area (Å²) < 4.78 is 16.3. The van der Waals surface area contributed by atoms with Crippen LogP contribution in [0.15, 0.2) is 53.3 Å². The molecule has 1 aromatic heterocycles. The lowest BCUT2D eigenvalue weighted by molar-refractivity contribution is 0.174. The minimum Gasteiger partial charge on any atom is -0.496 e. The summed E-state index contributed by atoms with van der Waals surface area (Å²) in [5.41, 5.74) is 4.28. The van der Waals surface area contributed by atoms with Gasteiger partial charge in [0, 0.05) is 11.6 Å². The van der Waals surface area contributed by atoms with Gasteiger partial charge in [-0.05, 0) is 53.4 Å². The normalized spacial score (nSPS) is 12.2. The quantitative estimate of drug-likeness (QED) is 0.773. The van der Waals surface area contributed by atoms with Crippen LogP contribution in [0, 0.1) is 0 Å². The highest BCUT2D eigenvalue weighted by Gasteiger charge is 2.15. The zero-order valence-corrected chi connectivity index (χ0v) is 14.7. The minimum atomic E-state index is -0.170. The Morgan fingerprint density at radius 1 is 1.00 bits per heavy atom. The Morgan fingerprint density at radius 2 is 1.85 bits per heavy atom. The van der Waals surface area contributed by atoms with Crippen molar-refractivity contribution < 1.29 is 14.2 Å². The molecule has 0 fully saturated rings. The first-order valence-corrected chi connectivity index (χ1v) is 8.49. The van der Waals surface area contributed by atoms with Crippen LogP contribution in [0.1, 0.15) is 12.5 Å². The van der Waals surface area contributed by atoms with Crippen molar-refractivity contribution in [2.24, 2.45) is 0 Å². The Morgan fingerprint density at radius 3 is 2.65 bits per heavy atom. The van der Waals surface area contributed by atoms with E-state index in [0.29, 0.717) is 11.4 Å². The van der Waals surface area contributed by atoms with Crippen molar-refractivity contribution in [3.8, 4) is 39.6 Å². The summed E-state index contributed by atoms with van der Waals surface area (Å²) in [6, 6.07) is 15.2. The Labute approximate surface area is 151 Å². The number of aromatic amines is 1. The molecule has 26 heavy (non-hydrogen) atoms. The van der Waals surface area contributed by atoms with Gasteiger partial charge in [0.25, 0.3) is 0 Å². The zero-order chi connectivity index (χ0) is 18.1. The first kappa shape index (κ1) is 16.3. The van der Waals surface area contributed by atoms with E-state index in [1.807, 2.05) is 42.5 Å². The summed E-state index contributed by atoms with van der Waals surface area (Å²) in [5, 5.41) is 0. The number of methoxy groups -OCH3 is 1. The molecule has 1 aliphatic heterocycles. The number of nitrogens with one attached hydrogen (secondary N) is 1. The zero-order valence-electron chi connectivity index (χ0n) is 14.7. The SMILES string of the molecule is CCc1ccc(-c2cc(-c3ccc4c(c3)OCO4)cc(=O)[nH]2)c(OC)c1. The molecular weight excluding hydrogens is 330 g/mol. The molecule has 1 N–H and O–H groups in total. The van der Waals surface area contributed by atoms with Crippen LogP contribution in [0.3, 0.4) is 0 Å². The standard InChI is InChI=1S/C21H19NO4/c1-3-13-4-6-16(19(8-13)24-2)17-9-15(11-21(23)22-17)14-5-7-18-20(10-14)26-12-25-18/h4-11H,3,12H2,1-2H3,(H,22,23). The van der Waals surface area contributed by atoms with E-state index in [2.05, 4.69) is 11.9 Å². The van der Waals surface area contributed by atoms with Gasteiger partial charge in [-0.1, -0.05) is 19.1 Å².